The van der Waals surface area contributed by atoms with Crippen LogP contribution in [0.3, 0.4) is 0 Å². The normalized spacial score (nSPS) is 11.4. The lowest BCUT2D eigenvalue weighted by atomic mass is 10.1. The van der Waals surface area contributed by atoms with E-state index in [-0.39, 0.29) is 11.2 Å². The lowest BCUT2D eigenvalue weighted by Gasteiger charge is -2.06. The van der Waals surface area contributed by atoms with Gasteiger partial charge in [0.25, 0.3) is 0 Å². The Morgan fingerprint density at radius 2 is 1.96 bits per heavy atom. The number of pyridine rings is 1. The Balaban J connectivity index is 1.74. The summed E-state index contributed by atoms with van der Waals surface area (Å²) in [5, 5.41) is 0.659. The van der Waals surface area contributed by atoms with Crippen LogP contribution in [0.2, 0.25) is 0 Å². The van der Waals surface area contributed by atoms with E-state index in [1.165, 1.54) is 12.1 Å². The maximum Gasteiger partial charge on any atom is 0.217 e. The van der Waals surface area contributed by atoms with Crippen molar-refractivity contribution in [1.29, 1.82) is 0 Å². The molecule has 4 rings (SSSR count). The van der Waals surface area contributed by atoms with Crippen LogP contribution in [0.1, 0.15) is 11.1 Å². The van der Waals surface area contributed by atoms with Crippen LogP contribution in [0.5, 0.6) is 0 Å². The first-order chi connectivity index (χ1) is 11.6. The number of hydrogen-bond acceptors (Lipinski definition) is 2. The highest BCUT2D eigenvalue weighted by Gasteiger charge is 2.11. The fraction of sp³-hybridized carbons (Fsp3) is 0.158. The Hall–Kier alpha value is -2.95. The van der Waals surface area contributed by atoms with Gasteiger partial charge in [-0.2, -0.15) is 0 Å². The monoisotopic (exact) mass is 321 g/mol. The molecule has 0 bridgehead atoms. The van der Waals surface area contributed by atoms with E-state index in [0.717, 1.165) is 28.7 Å². The van der Waals surface area contributed by atoms with Gasteiger partial charge in [-0.25, -0.2) is 9.37 Å². The number of aryl methyl sites for hydroxylation is 3. The van der Waals surface area contributed by atoms with E-state index < -0.39 is 0 Å². The first kappa shape index (κ1) is 14.6. The molecule has 0 saturated carbocycles. The van der Waals surface area contributed by atoms with Crippen molar-refractivity contribution in [1.82, 2.24) is 14.5 Å². The Morgan fingerprint density at radius 1 is 1.17 bits per heavy atom. The minimum Gasteiger partial charge on any atom is -0.339 e. The van der Waals surface area contributed by atoms with E-state index in [4.69, 9.17) is 0 Å². The third-order valence-corrected chi connectivity index (χ3v) is 4.28. The minimum atomic E-state index is -0.238. The number of imidazole rings is 1. The van der Waals surface area contributed by atoms with Crippen LogP contribution in [-0.4, -0.2) is 14.5 Å². The van der Waals surface area contributed by atoms with E-state index in [2.05, 4.69) is 9.97 Å². The van der Waals surface area contributed by atoms with Gasteiger partial charge in [-0.05, 0) is 43.2 Å². The number of rotatable bonds is 3. The van der Waals surface area contributed by atoms with Gasteiger partial charge in [0.2, 0.25) is 5.43 Å². The van der Waals surface area contributed by atoms with Crippen molar-refractivity contribution in [2.75, 3.05) is 0 Å². The number of hydrogen-bond donors (Lipinski definition) is 1. The average Bonchev–Trinajstić information content (AvgIpc) is 2.98. The van der Waals surface area contributed by atoms with Crippen molar-refractivity contribution in [2.24, 2.45) is 0 Å². The fourth-order valence-electron chi connectivity index (χ4n) is 2.96. The highest BCUT2D eigenvalue weighted by molar-refractivity contribution is 5.89. The quantitative estimate of drug-likeness (QED) is 0.627. The number of aromatic amines is 1. The van der Waals surface area contributed by atoms with Gasteiger partial charge in [0, 0.05) is 11.9 Å². The molecule has 2 heterocycles. The summed E-state index contributed by atoms with van der Waals surface area (Å²) in [7, 11) is 0. The number of aromatic nitrogens is 3. The van der Waals surface area contributed by atoms with Gasteiger partial charge in [-0.1, -0.05) is 23.8 Å². The molecule has 0 amide bonds. The Labute approximate surface area is 137 Å². The second-order valence-electron chi connectivity index (χ2n) is 6.01. The van der Waals surface area contributed by atoms with Crippen LogP contribution < -0.4 is 5.43 Å². The summed E-state index contributed by atoms with van der Waals surface area (Å²) < 4.78 is 14.9. The zero-order valence-electron chi connectivity index (χ0n) is 13.2. The molecule has 0 unspecified atom stereocenters. The van der Waals surface area contributed by atoms with Gasteiger partial charge in [-0.3, -0.25) is 4.79 Å². The number of fused-ring (bicyclic) bond motifs is 2. The fourth-order valence-corrected chi connectivity index (χ4v) is 2.96. The van der Waals surface area contributed by atoms with Crippen LogP contribution in [0.15, 0.2) is 53.6 Å². The summed E-state index contributed by atoms with van der Waals surface area (Å²) in [6.45, 7) is 2.62. The molecule has 0 fully saturated rings. The highest BCUT2D eigenvalue weighted by atomic mass is 19.1. The molecule has 120 valence electrons. The van der Waals surface area contributed by atoms with Crippen molar-refractivity contribution >= 4 is 22.1 Å². The molecule has 2 aromatic carbocycles. The Morgan fingerprint density at radius 3 is 2.75 bits per heavy atom. The summed E-state index contributed by atoms with van der Waals surface area (Å²) in [4.78, 5) is 20.2. The van der Waals surface area contributed by atoms with Gasteiger partial charge < -0.3 is 9.55 Å². The van der Waals surface area contributed by atoms with Crippen molar-refractivity contribution in [2.45, 2.75) is 19.9 Å². The molecular weight excluding hydrogens is 305 g/mol. The van der Waals surface area contributed by atoms with Gasteiger partial charge in [0.1, 0.15) is 11.5 Å². The number of H-pyrrole nitrogens is 1. The minimum absolute atomic E-state index is 0.0528. The van der Waals surface area contributed by atoms with E-state index in [1.807, 2.05) is 29.7 Å². The van der Waals surface area contributed by atoms with Crippen molar-refractivity contribution in [3.05, 3.63) is 76.0 Å². The number of benzene rings is 2. The Kier molecular flexibility index (Phi) is 3.41. The largest absolute Gasteiger partial charge is 0.339 e. The van der Waals surface area contributed by atoms with Crippen LogP contribution >= 0.6 is 0 Å². The van der Waals surface area contributed by atoms with Gasteiger partial charge in [-0.15, -0.1) is 0 Å². The lowest BCUT2D eigenvalue weighted by Crippen LogP contribution is -2.07. The van der Waals surface area contributed by atoms with Crippen LogP contribution in [0.25, 0.3) is 22.1 Å². The SMILES string of the molecule is Cc1ccc2[nH]c3c(ncn3CCc3ccc(F)cc3)c(=O)c2c1. The molecule has 0 spiro atoms. The smallest absolute Gasteiger partial charge is 0.217 e. The molecule has 0 aliphatic heterocycles. The zero-order valence-corrected chi connectivity index (χ0v) is 13.2. The number of halogens is 1. The first-order valence-electron chi connectivity index (χ1n) is 7.84. The summed E-state index contributed by atoms with van der Waals surface area (Å²) in [6, 6.07) is 12.2. The van der Waals surface area contributed by atoms with E-state index in [9.17, 15) is 9.18 Å². The summed E-state index contributed by atoms with van der Waals surface area (Å²) in [6.07, 6.45) is 2.41. The molecule has 24 heavy (non-hydrogen) atoms. The summed E-state index contributed by atoms with van der Waals surface area (Å²) in [5.41, 5.74) is 4.01. The molecule has 4 aromatic rings. The molecule has 2 aromatic heterocycles. The molecule has 0 aliphatic rings. The summed E-state index contributed by atoms with van der Waals surface area (Å²) >= 11 is 0. The predicted octanol–water partition coefficient (Wildman–Crippen LogP) is 3.57. The van der Waals surface area contributed by atoms with Gasteiger partial charge in [0.15, 0.2) is 5.52 Å². The van der Waals surface area contributed by atoms with Crippen molar-refractivity contribution in [3.63, 3.8) is 0 Å². The van der Waals surface area contributed by atoms with Crippen LogP contribution in [0.4, 0.5) is 4.39 Å². The molecule has 4 nitrogen and oxygen atoms in total. The predicted molar refractivity (Wildman–Crippen MR) is 92.7 cm³/mol. The molecular formula is C19H16FN3O. The molecule has 0 atom stereocenters. The van der Waals surface area contributed by atoms with Crippen molar-refractivity contribution in [3.8, 4) is 0 Å². The number of nitrogens with one attached hydrogen (secondary N) is 1. The van der Waals surface area contributed by atoms with E-state index in [0.29, 0.717) is 17.4 Å². The van der Waals surface area contributed by atoms with Gasteiger partial charge in [0.05, 0.1) is 11.8 Å². The van der Waals surface area contributed by atoms with Crippen molar-refractivity contribution < 1.29 is 4.39 Å². The molecule has 0 radical (unpaired) electrons. The molecule has 5 heteroatoms. The number of nitrogens with zero attached hydrogens (tertiary/aromatic N) is 2. The third kappa shape index (κ3) is 2.48. The Bertz CT molecular complexity index is 1090. The molecule has 0 aliphatic carbocycles. The van der Waals surface area contributed by atoms with E-state index in [1.54, 1.807) is 18.5 Å². The summed E-state index contributed by atoms with van der Waals surface area (Å²) in [5.74, 6) is -0.238. The second kappa shape index (κ2) is 5.60. The zero-order chi connectivity index (χ0) is 16.7. The van der Waals surface area contributed by atoms with Crippen LogP contribution in [0, 0.1) is 12.7 Å². The molecule has 1 N–H and O–H groups in total. The average molecular weight is 321 g/mol. The third-order valence-electron chi connectivity index (χ3n) is 4.28. The first-order valence-corrected chi connectivity index (χ1v) is 7.84. The lowest BCUT2D eigenvalue weighted by molar-refractivity contribution is 0.625. The second-order valence-corrected chi connectivity index (χ2v) is 6.01. The maximum absolute atomic E-state index is 13.0. The van der Waals surface area contributed by atoms with Crippen LogP contribution in [-0.2, 0) is 13.0 Å². The standard InChI is InChI=1S/C19H16FN3O/c1-12-2-7-16-15(10-12)18(24)17-19(22-16)23(11-21-17)9-8-13-3-5-14(20)6-4-13/h2-7,10-11H,8-9H2,1H3,(H,22,24). The maximum atomic E-state index is 13.0. The van der Waals surface area contributed by atoms with E-state index >= 15 is 0 Å². The molecule has 0 saturated heterocycles. The highest BCUT2D eigenvalue weighted by Crippen LogP contribution is 2.16. The topological polar surface area (TPSA) is 50.7 Å². The van der Waals surface area contributed by atoms with Gasteiger partial charge >= 0.3 is 0 Å².